The Morgan fingerprint density at radius 3 is 2.89 bits per heavy atom. The van der Waals surface area contributed by atoms with Gasteiger partial charge in [0.2, 0.25) is 5.91 Å². The van der Waals surface area contributed by atoms with E-state index in [1.165, 1.54) is 0 Å². The van der Waals surface area contributed by atoms with Crippen molar-refractivity contribution in [3.8, 4) is 0 Å². The summed E-state index contributed by atoms with van der Waals surface area (Å²) in [4.78, 5) is 22.2. The van der Waals surface area contributed by atoms with E-state index >= 15 is 0 Å². The number of hydrogen-bond acceptors (Lipinski definition) is 4. The topological polar surface area (TPSA) is 58.1 Å². The van der Waals surface area contributed by atoms with Crippen LogP contribution in [0.2, 0.25) is 0 Å². The van der Waals surface area contributed by atoms with Gasteiger partial charge in [0, 0.05) is 31.3 Å². The summed E-state index contributed by atoms with van der Waals surface area (Å²) < 4.78 is 0. The maximum Gasteiger partial charge on any atom is 0.224 e. The van der Waals surface area contributed by atoms with Crippen LogP contribution in [0, 0.1) is 6.92 Å². The highest BCUT2D eigenvalue weighted by Gasteiger charge is 2.28. The number of carbonyl (C=O) groups excluding carboxylic acids is 1. The molecule has 1 aliphatic heterocycles. The second kappa shape index (κ2) is 5.33. The Balaban J connectivity index is 2.10. The lowest BCUT2D eigenvalue weighted by Gasteiger charge is -2.16. The molecule has 0 saturated carbocycles. The van der Waals surface area contributed by atoms with Gasteiger partial charge in [0.15, 0.2) is 0 Å². The first-order valence-electron chi connectivity index (χ1n) is 6.50. The van der Waals surface area contributed by atoms with Crippen LogP contribution in [-0.2, 0) is 11.2 Å². The zero-order chi connectivity index (χ0) is 13.1. The molecule has 18 heavy (non-hydrogen) atoms. The first-order valence-corrected chi connectivity index (χ1v) is 6.50. The number of anilines is 1. The second-order valence-corrected chi connectivity index (χ2v) is 4.62. The fourth-order valence-electron chi connectivity index (χ4n) is 2.25. The van der Waals surface area contributed by atoms with Crippen molar-refractivity contribution >= 4 is 11.7 Å². The van der Waals surface area contributed by atoms with Crippen LogP contribution in [0.25, 0.3) is 0 Å². The van der Waals surface area contributed by atoms with Crippen LogP contribution < -0.4 is 5.32 Å². The molecule has 5 nitrogen and oxygen atoms in total. The van der Waals surface area contributed by atoms with E-state index in [2.05, 4.69) is 22.2 Å². The Kier molecular flexibility index (Phi) is 3.79. The number of aryl methyl sites for hydroxylation is 2. The highest BCUT2D eigenvalue weighted by Crippen LogP contribution is 2.18. The largest absolute Gasteiger partial charge is 0.365 e. The molecule has 0 aromatic carbocycles. The number of carbonyl (C=O) groups is 1. The first kappa shape index (κ1) is 12.8. The van der Waals surface area contributed by atoms with Gasteiger partial charge in [-0.15, -0.1) is 0 Å². The van der Waals surface area contributed by atoms with Crippen molar-refractivity contribution in [2.75, 3.05) is 18.4 Å². The molecular formula is C13H20N4O. The third-order valence-corrected chi connectivity index (χ3v) is 3.30. The number of amides is 1. The molecule has 1 aliphatic rings. The van der Waals surface area contributed by atoms with Crippen LogP contribution >= 0.6 is 0 Å². The molecule has 1 aromatic rings. The summed E-state index contributed by atoms with van der Waals surface area (Å²) in [5, 5.41) is 3.38. The summed E-state index contributed by atoms with van der Waals surface area (Å²) in [5.74, 6) is 1.85. The average molecular weight is 248 g/mol. The van der Waals surface area contributed by atoms with Gasteiger partial charge < -0.3 is 10.2 Å². The molecule has 0 radical (unpaired) electrons. The van der Waals surface area contributed by atoms with Crippen LogP contribution in [0.4, 0.5) is 5.82 Å². The third kappa shape index (κ3) is 2.60. The fraction of sp³-hybridized carbons (Fsp3) is 0.615. The molecule has 1 saturated heterocycles. The van der Waals surface area contributed by atoms with Crippen molar-refractivity contribution in [2.45, 2.75) is 39.7 Å². The molecule has 2 rings (SSSR count). The third-order valence-electron chi connectivity index (χ3n) is 3.30. The van der Waals surface area contributed by atoms with Crippen LogP contribution in [0.1, 0.15) is 31.7 Å². The molecule has 0 bridgehead atoms. The normalized spacial score (nSPS) is 19.4. The Labute approximate surface area is 108 Å². The van der Waals surface area contributed by atoms with Crippen LogP contribution in [-0.4, -0.2) is 39.9 Å². The van der Waals surface area contributed by atoms with Gasteiger partial charge in [-0.25, -0.2) is 9.97 Å². The molecule has 98 valence electrons. The Hall–Kier alpha value is -1.65. The summed E-state index contributed by atoms with van der Waals surface area (Å²) >= 11 is 0. The standard InChI is InChI=1S/C13H20N4O/c1-4-10-7-14-9(3)15-13(10)16-11-6-12(18)17(5-2)8-11/h7,11H,4-6,8H2,1-3H3,(H,14,15,16). The van der Waals surface area contributed by atoms with Gasteiger partial charge in [0.1, 0.15) is 11.6 Å². The van der Waals surface area contributed by atoms with E-state index in [0.717, 1.165) is 36.7 Å². The summed E-state index contributed by atoms with van der Waals surface area (Å²) in [6, 6.07) is 0.164. The Morgan fingerprint density at radius 2 is 2.28 bits per heavy atom. The smallest absolute Gasteiger partial charge is 0.224 e. The Morgan fingerprint density at radius 1 is 1.50 bits per heavy atom. The van der Waals surface area contributed by atoms with Crippen molar-refractivity contribution in [1.29, 1.82) is 0 Å². The predicted octanol–water partition coefficient (Wildman–Crippen LogP) is 1.38. The van der Waals surface area contributed by atoms with Gasteiger partial charge in [-0.3, -0.25) is 4.79 Å². The number of aromatic nitrogens is 2. The van der Waals surface area contributed by atoms with Gasteiger partial charge in [-0.2, -0.15) is 0 Å². The molecule has 1 amide bonds. The number of hydrogen-bond donors (Lipinski definition) is 1. The molecule has 1 aromatic heterocycles. The van der Waals surface area contributed by atoms with Gasteiger partial charge in [-0.05, 0) is 20.3 Å². The molecule has 1 atom stereocenters. The monoisotopic (exact) mass is 248 g/mol. The van der Waals surface area contributed by atoms with Crippen molar-refractivity contribution in [2.24, 2.45) is 0 Å². The summed E-state index contributed by atoms with van der Waals surface area (Å²) in [6.07, 6.45) is 3.31. The zero-order valence-electron chi connectivity index (χ0n) is 11.2. The summed E-state index contributed by atoms with van der Waals surface area (Å²) in [7, 11) is 0. The lowest BCUT2D eigenvalue weighted by atomic mass is 10.2. The molecule has 0 spiro atoms. The number of nitrogens with one attached hydrogen (secondary N) is 1. The molecule has 0 aliphatic carbocycles. The fourth-order valence-corrected chi connectivity index (χ4v) is 2.25. The highest BCUT2D eigenvalue weighted by molar-refractivity contribution is 5.80. The lowest BCUT2D eigenvalue weighted by molar-refractivity contribution is -0.127. The zero-order valence-corrected chi connectivity index (χ0v) is 11.2. The van der Waals surface area contributed by atoms with Crippen molar-refractivity contribution in [3.05, 3.63) is 17.6 Å². The lowest BCUT2D eigenvalue weighted by Crippen LogP contribution is -2.28. The predicted molar refractivity (Wildman–Crippen MR) is 70.4 cm³/mol. The van der Waals surface area contributed by atoms with Gasteiger partial charge in [0.25, 0.3) is 0 Å². The molecule has 1 fully saturated rings. The minimum atomic E-state index is 0.164. The SMILES string of the molecule is CCc1cnc(C)nc1NC1CC(=O)N(CC)C1. The molecule has 1 N–H and O–H groups in total. The molecular weight excluding hydrogens is 228 g/mol. The van der Waals surface area contributed by atoms with Crippen LogP contribution in [0.5, 0.6) is 0 Å². The second-order valence-electron chi connectivity index (χ2n) is 4.62. The van der Waals surface area contributed by atoms with Crippen LogP contribution in [0.15, 0.2) is 6.20 Å². The molecule has 2 heterocycles. The summed E-state index contributed by atoms with van der Waals surface area (Å²) in [5.41, 5.74) is 1.10. The van der Waals surface area contributed by atoms with E-state index in [0.29, 0.717) is 6.42 Å². The van der Waals surface area contributed by atoms with E-state index in [1.54, 1.807) is 0 Å². The van der Waals surface area contributed by atoms with Crippen molar-refractivity contribution < 1.29 is 4.79 Å². The van der Waals surface area contributed by atoms with Gasteiger partial charge in [-0.1, -0.05) is 6.92 Å². The maximum atomic E-state index is 11.7. The van der Waals surface area contributed by atoms with E-state index in [9.17, 15) is 4.79 Å². The minimum Gasteiger partial charge on any atom is -0.365 e. The summed E-state index contributed by atoms with van der Waals surface area (Å²) in [6.45, 7) is 7.51. The van der Waals surface area contributed by atoms with E-state index < -0.39 is 0 Å². The van der Waals surface area contributed by atoms with Gasteiger partial charge >= 0.3 is 0 Å². The molecule has 5 heteroatoms. The van der Waals surface area contributed by atoms with Crippen molar-refractivity contribution in [3.63, 3.8) is 0 Å². The first-order chi connectivity index (χ1) is 8.63. The maximum absolute atomic E-state index is 11.7. The number of rotatable bonds is 4. The van der Waals surface area contributed by atoms with Crippen molar-refractivity contribution in [1.82, 2.24) is 14.9 Å². The van der Waals surface area contributed by atoms with E-state index in [-0.39, 0.29) is 11.9 Å². The number of likely N-dealkylation sites (N-methyl/N-ethyl adjacent to an activating group) is 1. The quantitative estimate of drug-likeness (QED) is 0.874. The van der Waals surface area contributed by atoms with Crippen LogP contribution in [0.3, 0.4) is 0 Å². The highest BCUT2D eigenvalue weighted by atomic mass is 16.2. The Bertz CT molecular complexity index is 447. The molecule has 1 unspecified atom stereocenters. The van der Waals surface area contributed by atoms with E-state index in [4.69, 9.17) is 0 Å². The number of nitrogens with zero attached hydrogens (tertiary/aromatic N) is 3. The number of likely N-dealkylation sites (tertiary alicyclic amines) is 1. The van der Waals surface area contributed by atoms with Gasteiger partial charge in [0.05, 0.1) is 6.04 Å². The average Bonchev–Trinajstić information content (AvgIpc) is 2.70. The minimum absolute atomic E-state index is 0.164. The van der Waals surface area contributed by atoms with E-state index in [1.807, 2.05) is 24.9 Å².